The molecule has 1 unspecified atom stereocenters. The van der Waals surface area contributed by atoms with Crippen molar-refractivity contribution in [1.82, 2.24) is 0 Å². The van der Waals surface area contributed by atoms with Gasteiger partial charge < -0.3 is 5.73 Å². The van der Waals surface area contributed by atoms with Gasteiger partial charge in [0, 0.05) is 0 Å². The van der Waals surface area contributed by atoms with Crippen molar-refractivity contribution in [2.75, 3.05) is 6.54 Å². The van der Waals surface area contributed by atoms with Crippen LogP contribution in [-0.2, 0) is 6.42 Å². The first-order valence-electron chi connectivity index (χ1n) is 5.65. The summed E-state index contributed by atoms with van der Waals surface area (Å²) < 4.78 is 26.5. The predicted molar refractivity (Wildman–Crippen MR) is 62.1 cm³/mol. The molecule has 1 rings (SSSR count). The van der Waals surface area contributed by atoms with Gasteiger partial charge in [0.25, 0.3) is 0 Å². The Kier molecular flexibility index (Phi) is 4.42. The fourth-order valence-electron chi connectivity index (χ4n) is 2.01. The largest absolute Gasteiger partial charge is 0.330 e. The second-order valence-electron chi connectivity index (χ2n) is 4.65. The Bertz CT molecular complexity index is 352. The number of hydrogen-bond acceptors (Lipinski definition) is 1. The van der Waals surface area contributed by atoms with Gasteiger partial charge in [-0.15, -0.1) is 0 Å². The van der Waals surface area contributed by atoms with Gasteiger partial charge in [-0.2, -0.15) is 0 Å². The molecule has 1 nitrogen and oxygen atoms in total. The summed E-state index contributed by atoms with van der Waals surface area (Å²) in [5.74, 6) is -1.52. The first-order chi connectivity index (χ1) is 7.52. The molecule has 0 spiro atoms. The molecule has 1 aromatic carbocycles. The van der Waals surface area contributed by atoms with Crippen LogP contribution in [0, 0.1) is 17.0 Å². The highest BCUT2D eigenvalue weighted by Crippen LogP contribution is 2.28. The minimum Gasteiger partial charge on any atom is -0.330 e. The van der Waals surface area contributed by atoms with Gasteiger partial charge in [-0.3, -0.25) is 0 Å². The zero-order chi connectivity index (χ0) is 12.2. The van der Waals surface area contributed by atoms with Crippen molar-refractivity contribution in [2.24, 2.45) is 11.1 Å². The van der Waals surface area contributed by atoms with Crippen molar-refractivity contribution in [2.45, 2.75) is 33.1 Å². The molecule has 0 saturated heterocycles. The molecule has 1 atom stereocenters. The van der Waals surface area contributed by atoms with E-state index in [9.17, 15) is 8.78 Å². The van der Waals surface area contributed by atoms with Gasteiger partial charge in [0.15, 0.2) is 11.6 Å². The summed E-state index contributed by atoms with van der Waals surface area (Å²) in [6, 6.07) is 4.30. The zero-order valence-electron chi connectivity index (χ0n) is 9.89. The van der Waals surface area contributed by atoms with Crippen molar-refractivity contribution in [3.63, 3.8) is 0 Å². The Hall–Kier alpha value is -0.960. The van der Waals surface area contributed by atoms with Crippen LogP contribution in [0.15, 0.2) is 18.2 Å². The van der Waals surface area contributed by atoms with Crippen molar-refractivity contribution < 1.29 is 8.78 Å². The quantitative estimate of drug-likeness (QED) is 0.820. The molecule has 2 N–H and O–H groups in total. The van der Waals surface area contributed by atoms with Crippen LogP contribution < -0.4 is 5.73 Å². The van der Waals surface area contributed by atoms with Crippen LogP contribution in [0.4, 0.5) is 8.78 Å². The van der Waals surface area contributed by atoms with E-state index in [1.54, 1.807) is 6.07 Å². The van der Waals surface area contributed by atoms with Crippen molar-refractivity contribution in [3.8, 4) is 0 Å². The van der Waals surface area contributed by atoms with Crippen molar-refractivity contribution in [3.05, 3.63) is 35.4 Å². The third-order valence-corrected chi connectivity index (χ3v) is 3.00. The molecular formula is C13H19F2N. The van der Waals surface area contributed by atoms with Gasteiger partial charge in [-0.25, -0.2) is 8.78 Å². The third kappa shape index (κ3) is 3.01. The van der Waals surface area contributed by atoms with Crippen LogP contribution in [0.5, 0.6) is 0 Å². The molecular weight excluding hydrogens is 208 g/mol. The summed E-state index contributed by atoms with van der Waals surface area (Å²) in [6.07, 6.45) is 2.39. The second kappa shape index (κ2) is 5.39. The Morgan fingerprint density at radius 2 is 2.00 bits per heavy atom. The molecule has 0 saturated carbocycles. The van der Waals surface area contributed by atoms with Crippen LogP contribution >= 0.6 is 0 Å². The fourth-order valence-corrected chi connectivity index (χ4v) is 2.01. The van der Waals surface area contributed by atoms with E-state index in [-0.39, 0.29) is 5.41 Å². The van der Waals surface area contributed by atoms with Crippen LogP contribution in [0.3, 0.4) is 0 Å². The van der Waals surface area contributed by atoms with E-state index in [4.69, 9.17) is 5.73 Å². The molecule has 0 heterocycles. The molecule has 0 aliphatic carbocycles. The highest BCUT2D eigenvalue weighted by Gasteiger charge is 2.24. The number of halogens is 2. The molecule has 0 aliphatic heterocycles. The fraction of sp³-hybridized carbons (Fsp3) is 0.538. The van der Waals surface area contributed by atoms with E-state index in [2.05, 4.69) is 6.92 Å². The van der Waals surface area contributed by atoms with E-state index in [1.165, 1.54) is 6.07 Å². The summed E-state index contributed by atoms with van der Waals surface area (Å²) in [6.45, 7) is 4.56. The highest BCUT2D eigenvalue weighted by molar-refractivity contribution is 5.20. The first kappa shape index (κ1) is 13.1. The zero-order valence-corrected chi connectivity index (χ0v) is 9.89. The van der Waals surface area contributed by atoms with Gasteiger partial charge in [-0.05, 0) is 36.4 Å². The third-order valence-electron chi connectivity index (χ3n) is 3.00. The topological polar surface area (TPSA) is 26.0 Å². The monoisotopic (exact) mass is 227 g/mol. The van der Waals surface area contributed by atoms with E-state index in [0.29, 0.717) is 18.5 Å². The first-order valence-corrected chi connectivity index (χ1v) is 5.65. The Labute approximate surface area is 95.7 Å². The lowest BCUT2D eigenvalue weighted by Crippen LogP contribution is -2.29. The molecule has 0 fully saturated rings. The Morgan fingerprint density at radius 3 is 2.56 bits per heavy atom. The van der Waals surface area contributed by atoms with Crippen LogP contribution in [0.25, 0.3) is 0 Å². The van der Waals surface area contributed by atoms with E-state index in [0.717, 1.165) is 18.9 Å². The summed E-state index contributed by atoms with van der Waals surface area (Å²) >= 11 is 0. The summed E-state index contributed by atoms with van der Waals surface area (Å²) in [5.41, 5.74) is 5.98. The molecule has 0 radical (unpaired) electrons. The number of rotatable bonds is 5. The summed E-state index contributed by atoms with van der Waals surface area (Å²) in [7, 11) is 0. The SMILES string of the molecule is CCCC(C)(CN)Cc1cccc(F)c1F. The lowest BCUT2D eigenvalue weighted by Gasteiger charge is -2.27. The molecule has 0 bridgehead atoms. The minimum atomic E-state index is -0.784. The molecule has 16 heavy (non-hydrogen) atoms. The van der Waals surface area contributed by atoms with Crippen LogP contribution in [0.2, 0.25) is 0 Å². The van der Waals surface area contributed by atoms with Crippen molar-refractivity contribution >= 4 is 0 Å². The van der Waals surface area contributed by atoms with Gasteiger partial charge in [-0.1, -0.05) is 32.4 Å². The van der Waals surface area contributed by atoms with E-state index < -0.39 is 11.6 Å². The van der Waals surface area contributed by atoms with E-state index in [1.807, 2.05) is 6.92 Å². The Balaban J connectivity index is 2.90. The lowest BCUT2D eigenvalue weighted by atomic mass is 9.80. The maximum atomic E-state index is 13.5. The molecule has 0 aromatic heterocycles. The van der Waals surface area contributed by atoms with Gasteiger partial charge in [0.1, 0.15) is 0 Å². The Morgan fingerprint density at radius 1 is 1.31 bits per heavy atom. The lowest BCUT2D eigenvalue weighted by molar-refractivity contribution is 0.297. The summed E-state index contributed by atoms with van der Waals surface area (Å²) in [5, 5.41) is 0. The summed E-state index contributed by atoms with van der Waals surface area (Å²) in [4.78, 5) is 0. The standard InChI is InChI=1S/C13H19F2N/c1-3-7-13(2,9-16)8-10-5-4-6-11(14)12(10)15/h4-6H,3,7-9,16H2,1-2H3. The predicted octanol–water partition coefficient (Wildman–Crippen LogP) is 3.27. The average molecular weight is 227 g/mol. The maximum absolute atomic E-state index is 13.5. The minimum absolute atomic E-state index is 0.149. The molecule has 90 valence electrons. The molecule has 0 aliphatic rings. The number of hydrogen-bond donors (Lipinski definition) is 1. The molecule has 1 aromatic rings. The van der Waals surface area contributed by atoms with Crippen LogP contribution in [-0.4, -0.2) is 6.54 Å². The van der Waals surface area contributed by atoms with E-state index >= 15 is 0 Å². The van der Waals surface area contributed by atoms with Gasteiger partial charge >= 0.3 is 0 Å². The smallest absolute Gasteiger partial charge is 0.162 e. The van der Waals surface area contributed by atoms with Crippen molar-refractivity contribution in [1.29, 1.82) is 0 Å². The normalized spacial score (nSPS) is 14.8. The van der Waals surface area contributed by atoms with Gasteiger partial charge in [0.2, 0.25) is 0 Å². The van der Waals surface area contributed by atoms with Gasteiger partial charge in [0.05, 0.1) is 0 Å². The number of benzene rings is 1. The highest BCUT2D eigenvalue weighted by atomic mass is 19.2. The maximum Gasteiger partial charge on any atom is 0.162 e. The molecule has 3 heteroatoms. The average Bonchev–Trinajstić information content (AvgIpc) is 2.25. The van der Waals surface area contributed by atoms with Crippen LogP contribution in [0.1, 0.15) is 32.3 Å². The second-order valence-corrected chi connectivity index (χ2v) is 4.65. The molecule has 0 amide bonds. The number of nitrogens with two attached hydrogens (primary N) is 1.